The summed E-state index contributed by atoms with van der Waals surface area (Å²) in [6.45, 7) is 4.15. The Hall–Kier alpha value is -2.54. The first-order valence-electron chi connectivity index (χ1n) is 10.2. The third-order valence-electron chi connectivity index (χ3n) is 6.15. The lowest BCUT2D eigenvalue weighted by atomic mass is 10.0. The number of hydrogen-bond donors (Lipinski definition) is 0. The van der Waals surface area contributed by atoms with Gasteiger partial charge in [0.25, 0.3) is 0 Å². The van der Waals surface area contributed by atoms with Gasteiger partial charge in [0.2, 0.25) is 12.7 Å². The number of benzene rings is 2. The summed E-state index contributed by atoms with van der Waals surface area (Å²) in [6.07, 6.45) is 2.17. The second kappa shape index (κ2) is 7.61. The van der Waals surface area contributed by atoms with E-state index in [2.05, 4.69) is 0 Å². The Kier molecular flexibility index (Phi) is 5.26. The molecule has 0 bridgehead atoms. The van der Waals surface area contributed by atoms with Crippen molar-refractivity contribution in [2.45, 2.75) is 55.7 Å². The molecular formula is C23H27NO5S. The van der Waals surface area contributed by atoms with Gasteiger partial charge in [-0.15, -0.1) is 0 Å². The maximum atomic E-state index is 13.8. The Morgan fingerprint density at radius 3 is 2.47 bits per heavy atom. The Balaban J connectivity index is 1.66. The molecule has 0 radical (unpaired) electrons. The minimum absolute atomic E-state index is 0.185. The third kappa shape index (κ3) is 3.35. The molecule has 1 amide bonds. The summed E-state index contributed by atoms with van der Waals surface area (Å²) in [5.41, 5.74) is 2.42. The van der Waals surface area contributed by atoms with Gasteiger partial charge in [-0.3, -0.25) is 4.79 Å². The van der Waals surface area contributed by atoms with Crippen LogP contribution in [0.15, 0.2) is 41.3 Å². The smallest absolute Gasteiger partial charge is 0.244 e. The monoisotopic (exact) mass is 429 g/mol. The van der Waals surface area contributed by atoms with Crippen molar-refractivity contribution in [3.05, 3.63) is 53.1 Å². The highest BCUT2D eigenvalue weighted by atomic mass is 32.2. The molecule has 0 N–H and O–H groups in total. The summed E-state index contributed by atoms with van der Waals surface area (Å²) >= 11 is 0. The van der Waals surface area contributed by atoms with Crippen LogP contribution in [0.1, 0.15) is 42.4 Å². The number of carbonyl (C=O) groups excluding carboxylic acids is 1. The van der Waals surface area contributed by atoms with E-state index >= 15 is 0 Å². The van der Waals surface area contributed by atoms with E-state index < -0.39 is 14.6 Å². The summed E-state index contributed by atoms with van der Waals surface area (Å²) in [5, 5.41) is 0. The van der Waals surface area contributed by atoms with Crippen LogP contribution in [0.4, 0.5) is 0 Å². The number of hydrogen-bond acceptors (Lipinski definition) is 5. The van der Waals surface area contributed by atoms with Crippen molar-refractivity contribution in [3.63, 3.8) is 0 Å². The van der Waals surface area contributed by atoms with Crippen molar-refractivity contribution in [2.75, 3.05) is 13.8 Å². The number of carbonyl (C=O) groups is 1. The van der Waals surface area contributed by atoms with Crippen molar-refractivity contribution < 1.29 is 22.7 Å². The second-order valence-corrected chi connectivity index (χ2v) is 10.6. The number of rotatable bonds is 5. The van der Waals surface area contributed by atoms with E-state index in [1.807, 2.05) is 37.3 Å². The molecule has 0 spiro atoms. The highest BCUT2D eigenvalue weighted by Gasteiger charge is 2.54. The minimum Gasteiger partial charge on any atom is -0.454 e. The molecule has 30 heavy (non-hydrogen) atoms. The van der Waals surface area contributed by atoms with E-state index in [-0.39, 0.29) is 17.6 Å². The quantitative estimate of drug-likeness (QED) is 0.723. The van der Waals surface area contributed by atoms with Gasteiger partial charge in [-0.05, 0) is 61.6 Å². The number of ether oxygens (including phenoxy) is 2. The summed E-state index contributed by atoms with van der Waals surface area (Å²) < 4.78 is 36.9. The molecule has 1 heterocycles. The molecule has 4 rings (SSSR count). The van der Waals surface area contributed by atoms with Gasteiger partial charge >= 0.3 is 0 Å². The molecule has 6 nitrogen and oxygen atoms in total. The molecule has 2 aromatic carbocycles. The van der Waals surface area contributed by atoms with Crippen molar-refractivity contribution in [1.29, 1.82) is 0 Å². The molecule has 7 heteroatoms. The lowest BCUT2D eigenvalue weighted by molar-refractivity contribution is -0.133. The standard InChI is InChI=1S/C23H27NO5S/c1-16-6-7-17(2)21(12-16)30(26,27)23(10-4-5-11-23)22(25)24(3)14-18-8-9-19-20(13-18)29-15-28-19/h6-9,12-13H,4-5,10-11,14-15H2,1-3H3. The van der Waals surface area contributed by atoms with Crippen molar-refractivity contribution >= 4 is 15.7 Å². The fourth-order valence-corrected chi connectivity index (χ4v) is 6.95. The first kappa shape index (κ1) is 20.7. The maximum absolute atomic E-state index is 13.8. The summed E-state index contributed by atoms with van der Waals surface area (Å²) in [5.74, 6) is 0.989. The first-order valence-corrected chi connectivity index (χ1v) is 11.7. The Morgan fingerprint density at radius 2 is 1.73 bits per heavy atom. The normalized spacial score (nSPS) is 17.2. The van der Waals surface area contributed by atoms with Crippen LogP contribution in [0.25, 0.3) is 0 Å². The van der Waals surface area contributed by atoms with Gasteiger partial charge in [0.15, 0.2) is 26.1 Å². The number of amides is 1. The van der Waals surface area contributed by atoms with Crippen LogP contribution < -0.4 is 9.47 Å². The van der Waals surface area contributed by atoms with Crippen LogP contribution in [0.5, 0.6) is 11.5 Å². The second-order valence-electron chi connectivity index (χ2n) is 8.32. The van der Waals surface area contributed by atoms with Crippen molar-refractivity contribution in [3.8, 4) is 11.5 Å². The van der Waals surface area contributed by atoms with E-state index in [9.17, 15) is 13.2 Å². The van der Waals surface area contributed by atoms with Gasteiger partial charge in [-0.1, -0.05) is 31.0 Å². The molecule has 2 aromatic rings. The van der Waals surface area contributed by atoms with E-state index in [4.69, 9.17) is 9.47 Å². The summed E-state index contributed by atoms with van der Waals surface area (Å²) in [7, 11) is -2.16. The topological polar surface area (TPSA) is 72.9 Å². The van der Waals surface area contributed by atoms with Crippen LogP contribution >= 0.6 is 0 Å². The van der Waals surface area contributed by atoms with E-state index in [0.717, 1.165) is 24.0 Å². The minimum atomic E-state index is -3.84. The molecular weight excluding hydrogens is 402 g/mol. The molecule has 1 fully saturated rings. The molecule has 0 saturated heterocycles. The molecule has 1 aliphatic carbocycles. The summed E-state index contributed by atoms with van der Waals surface area (Å²) in [4.78, 5) is 15.4. The Morgan fingerprint density at radius 1 is 1.03 bits per heavy atom. The number of aryl methyl sites for hydroxylation is 2. The van der Waals surface area contributed by atoms with Gasteiger partial charge in [0.1, 0.15) is 0 Å². The predicted octanol–water partition coefficient (Wildman–Crippen LogP) is 3.78. The zero-order chi connectivity index (χ0) is 21.5. The van der Waals surface area contributed by atoms with E-state index in [1.54, 1.807) is 20.0 Å². The zero-order valence-corrected chi connectivity index (χ0v) is 18.4. The third-order valence-corrected chi connectivity index (χ3v) is 8.78. The molecule has 0 atom stereocenters. The zero-order valence-electron chi connectivity index (χ0n) is 17.6. The predicted molar refractivity (Wildman–Crippen MR) is 113 cm³/mol. The lowest BCUT2D eigenvalue weighted by Crippen LogP contribution is -2.51. The number of fused-ring (bicyclic) bond motifs is 1. The molecule has 1 aliphatic heterocycles. The largest absolute Gasteiger partial charge is 0.454 e. The van der Waals surface area contributed by atoms with Crippen LogP contribution in [0, 0.1) is 13.8 Å². The SMILES string of the molecule is Cc1ccc(C)c(S(=O)(=O)C2(C(=O)N(C)Cc3ccc4c(c3)OCO4)CCCC2)c1. The van der Waals surface area contributed by atoms with Crippen LogP contribution in [0.3, 0.4) is 0 Å². The highest BCUT2D eigenvalue weighted by molar-refractivity contribution is 7.93. The fraction of sp³-hybridized carbons (Fsp3) is 0.435. The molecule has 160 valence electrons. The van der Waals surface area contributed by atoms with E-state index in [0.29, 0.717) is 36.4 Å². The van der Waals surface area contributed by atoms with Crippen molar-refractivity contribution in [1.82, 2.24) is 4.90 Å². The Bertz CT molecular complexity index is 1090. The number of nitrogens with zero attached hydrogens (tertiary/aromatic N) is 1. The van der Waals surface area contributed by atoms with Gasteiger partial charge in [0.05, 0.1) is 4.90 Å². The average Bonchev–Trinajstić information content (AvgIpc) is 3.39. The van der Waals surface area contributed by atoms with Crippen LogP contribution in [-0.4, -0.2) is 37.8 Å². The highest BCUT2D eigenvalue weighted by Crippen LogP contribution is 2.43. The van der Waals surface area contributed by atoms with E-state index in [1.165, 1.54) is 4.90 Å². The molecule has 1 saturated carbocycles. The Labute approximate surface area is 177 Å². The lowest BCUT2D eigenvalue weighted by Gasteiger charge is -2.32. The van der Waals surface area contributed by atoms with Gasteiger partial charge < -0.3 is 14.4 Å². The molecule has 2 aliphatic rings. The summed E-state index contributed by atoms with van der Waals surface area (Å²) in [6, 6.07) is 10.9. The first-order chi connectivity index (χ1) is 14.2. The van der Waals surface area contributed by atoms with Crippen LogP contribution in [-0.2, 0) is 21.2 Å². The van der Waals surface area contributed by atoms with Crippen LogP contribution in [0.2, 0.25) is 0 Å². The number of sulfone groups is 1. The van der Waals surface area contributed by atoms with Gasteiger partial charge in [-0.25, -0.2) is 8.42 Å². The van der Waals surface area contributed by atoms with Crippen molar-refractivity contribution in [2.24, 2.45) is 0 Å². The average molecular weight is 430 g/mol. The van der Waals surface area contributed by atoms with Gasteiger partial charge in [0, 0.05) is 13.6 Å². The molecule has 0 aromatic heterocycles. The maximum Gasteiger partial charge on any atom is 0.244 e. The fourth-order valence-electron chi connectivity index (χ4n) is 4.48. The molecule has 0 unspecified atom stereocenters. The van der Waals surface area contributed by atoms with Gasteiger partial charge in [-0.2, -0.15) is 0 Å².